The van der Waals surface area contributed by atoms with Crippen LogP contribution in [-0.2, 0) is 6.54 Å². The van der Waals surface area contributed by atoms with Gasteiger partial charge >= 0.3 is 6.61 Å². The van der Waals surface area contributed by atoms with E-state index in [1.54, 1.807) is 30.1 Å². The maximum absolute atomic E-state index is 13.1. The normalized spacial score (nSPS) is 10.8. The van der Waals surface area contributed by atoms with Gasteiger partial charge in [0.05, 0.1) is 18.4 Å². The number of ether oxygens (including phenoxy) is 2. The van der Waals surface area contributed by atoms with Crippen molar-refractivity contribution in [3.05, 3.63) is 96.2 Å². The van der Waals surface area contributed by atoms with E-state index in [-0.39, 0.29) is 18.2 Å². The summed E-state index contributed by atoms with van der Waals surface area (Å²) in [5.74, 6) is 0.327. The number of aromatic nitrogens is 2. The van der Waals surface area contributed by atoms with Gasteiger partial charge in [0.2, 0.25) is 0 Å². The van der Waals surface area contributed by atoms with Crippen molar-refractivity contribution in [1.29, 1.82) is 0 Å². The Kier molecular flexibility index (Phi) is 6.64. The van der Waals surface area contributed by atoms with E-state index in [0.717, 1.165) is 11.3 Å². The number of halogens is 2. The number of hydrogen-bond donors (Lipinski definition) is 1. The number of para-hydroxylation sites is 2. The molecule has 0 spiro atoms. The van der Waals surface area contributed by atoms with Crippen molar-refractivity contribution in [1.82, 2.24) is 15.1 Å². The highest BCUT2D eigenvalue weighted by Gasteiger charge is 2.21. The van der Waals surface area contributed by atoms with Crippen LogP contribution < -0.4 is 14.8 Å². The van der Waals surface area contributed by atoms with Gasteiger partial charge in [-0.2, -0.15) is 13.9 Å². The van der Waals surface area contributed by atoms with Crippen LogP contribution in [0.1, 0.15) is 15.9 Å². The number of nitrogens with zero attached hydrogens (tertiary/aromatic N) is 2. The Morgan fingerprint density at radius 1 is 1.00 bits per heavy atom. The second kappa shape index (κ2) is 9.95. The fourth-order valence-corrected chi connectivity index (χ4v) is 3.36. The molecule has 1 heterocycles. The highest BCUT2D eigenvalue weighted by molar-refractivity contribution is 6.00. The van der Waals surface area contributed by atoms with Gasteiger partial charge in [0, 0.05) is 18.3 Å². The quantitative estimate of drug-likeness (QED) is 0.408. The van der Waals surface area contributed by atoms with E-state index in [0.29, 0.717) is 22.6 Å². The summed E-state index contributed by atoms with van der Waals surface area (Å²) in [6.07, 6.45) is 1.67. The molecule has 0 saturated heterocycles. The van der Waals surface area contributed by atoms with E-state index < -0.39 is 6.61 Å². The molecular formula is C25H21F2N3O3. The van der Waals surface area contributed by atoms with Crippen LogP contribution >= 0.6 is 0 Å². The molecule has 0 atom stereocenters. The molecule has 6 nitrogen and oxygen atoms in total. The van der Waals surface area contributed by atoms with Gasteiger partial charge in [0.25, 0.3) is 5.91 Å². The van der Waals surface area contributed by atoms with Crippen molar-refractivity contribution >= 4 is 5.91 Å². The molecule has 4 aromatic rings. The molecule has 1 amide bonds. The Balaban J connectivity index is 1.61. The van der Waals surface area contributed by atoms with Gasteiger partial charge in [-0.1, -0.05) is 42.5 Å². The lowest BCUT2D eigenvalue weighted by molar-refractivity contribution is -0.0498. The van der Waals surface area contributed by atoms with Gasteiger partial charge in [-0.25, -0.2) is 4.68 Å². The lowest BCUT2D eigenvalue weighted by atomic mass is 10.1. The van der Waals surface area contributed by atoms with Crippen LogP contribution in [0.25, 0.3) is 16.9 Å². The molecule has 0 unspecified atom stereocenters. The van der Waals surface area contributed by atoms with Crippen LogP contribution in [0.2, 0.25) is 0 Å². The number of methoxy groups -OCH3 is 1. The molecule has 33 heavy (non-hydrogen) atoms. The smallest absolute Gasteiger partial charge is 0.387 e. The number of amides is 1. The Hall–Kier alpha value is -4.20. The summed E-state index contributed by atoms with van der Waals surface area (Å²) in [5.41, 5.74) is 3.09. The Labute approximate surface area is 189 Å². The third kappa shape index (κ3) is 5.17. The fourth-order valence-electron chi connectivity index (χ4n) is 3.36. The predicted molar refractivity (Wildman–Crippen MR) is 120 cm³/mol. The SMILES string of the molecule is COc1ccccc1-c1nn(-c2ccccc2)cc1C(=O)NCc1ccc(OC(F)F)cc1. The molecule has 0 bridgehead atoms. The summed E-state index contributed by atoms with van der Waals surface area (Å²) in [6, 6.07) is 22.9. The summed E-state index contributed by atoms with van der Waals surface area (Å²) in [7, 11) is 1.56. The van der Waals surface area contributed by atoms with Crippen LogP contribution in [0.5, 0.6) is 11.5 Å². The van der Waals surface area contributed by atoms with E-state index in [9.17, 15) is 13.6 Å². The van der Waals surface area contributed by atoms with E-state index in [1.165, 1.54) is 12.1 Å². The average Bonchev–Trinajstić information content (AvgIpc) is 3.29. The van der Waals surface area contributed by atoms with Crippen LogP contribution in [0.15, 0.2) is 85.1 Å². The summed E-state index contributed by atoms with van der Waals surface area (Å²) in [5, 5.41) is 7.53. The first-order valence-electron chi connectivity index (χ1n) is 10.2. The van der Waals surface area contributed by atoms with E-state index in [2.05, 4.69) is 15.2 Å². The van der Waals surface area contributed by atoms with Crippen LogP contribution in [0, 0.1) is 0 Å². The molecule has 0 radical (unpaired) electrons. The van der Waals surface area contributed by atoms with E-state index in [4.69, 9.17) is 4.74 Å². The van der Waals surface area contributed by atoms with Crippen molar-refractivity contribution in [2.24, 2.45) is 0 Å². The third-order valence-corrected chi connectivity index (χ3v) is 4.94. The summed E-state index contributed by atoms with van der Waals surface area (Å²) in [4.78, 5) is 13.1. The summed E-state index contributed by atoms with van der Waals surface area (Å²) in [6.45, 7) is -2.68. The minimum absolute atomic E-state index is 0.0580. The third-order valence-electron chi connectivity index (χ3n) is 4.94. The van der Waals surface area contributed by atoms with Crippen molar-refractivity contribution in [2.75, 3.05) is 7.11 Å². The van der Waals surface area contributed by atoms with Crippen LogP contribution in [0.3, 0.4) is 0 Å². The van der Waals surface area contributed by atoms with Gasteiger partial charge in [-0.15, -0.1) is 0 Å². The maximum atomic E-state index is 13.1. The molecule has 0 fully saturated rings. The zero-order chi connectivity index (χ0) is 23.2. The molecule has 1 aromatic heterocycles. The molecule has 4 rings (SSSR count). The first-order valence-corrected chi connectivity index (χ1v) is 10.2. The summed E-state index contributed by atoms with van der Waals surface area (Å²) >= 11 is 0. The second-order valence-corrected chi connectivity index (χ2v) is 7.08. The number of carbonyl (C=O) groups excluding carboxylic acids is 1. The molecule has 0 aliphatic rings. The molecule has 0 saturated carbocycles. The van der Waals surface area contributed by atoms with Crippen LogP contribution in [-0.4, -0.2) is 29.4 Å². The largest absolute Gasteiger partial charge is 0.496 e. The van der Waals surface area contributed by atoms with Gasteiger partial charge in [0.1, 0.15) is 17.2 Å². The number of alkyl halides is 2. The number of carbonyl (C=O) groups is 1. The lowest BCUT2D eigenvalue weighted by Gasteiger charge is -2.09. The van der Waals surface area contributed by atoms with Gasteiger partial charge < -0.3 is 14.8 Å². The highest BCUT2D eigenvalue weighted by Crippen LogP contribution is 2.31. The Morgan fingerprint density at radius 2 is 1.70 bits per heavy atom. The van der Waals surface area contributed by atoms with Crippen molar-refractivity contribution < 1.29 is 23.0 Å². The number of hydrogen-bond acceptors (Lipinski definition) is 4. The monoisotopic (exact) mass is 449 g/mol. The maximum Gasteiger partial charge on any atom is 0.387 e. The lowest BCUT2D eigenvalue weighted by Crippen LogP contribution is -2.23. The Bertz CT molecular complexity index is 1230. The molecule has 1 N–H and O–H groups in total. The first kappa shape index (κ1) is 22.0. The average molecular weight is 449 g/mol. The van der Waals surface area contributed by atoms with E-state index >= 15 is 0 Å². The summed E-state index contributed by atoms with van der Waals surface area (Å²) < 4.78 is 36.1. The van der Waals surface area contributed by atoms with Gasteiger partial charge in [-0.3, -0.25) is 4.79 Å². The number of rotatable bonds is 8. The molecule has 0 aliphatic carbocycles. The fraction of sp³-hybridized carbons (Fsp3) is 0.120. The standard InChI is InChI=1S/C25H21F2N3O3/c1-32-22-10-6-5-9-20(22)23-21(16-30(29-23)18-7-3-2-4-8-18)24(31)28-15-17-11-13-19(14-12-17)33-25(26)27/h2-14,16,25H,15H2,1H3,(H,28,31). The Morgan fingerprint density at radius 3 is 2.39 bits per heavy atom. The second-order valence-electron chi connectivity index (χ2n) is 7.08. The molecule has 8 heteroatoms. The highest BCUT2D eigenvalue weighted by atomic mass is 19.3. The zero-order valence-corrected chi connectivity index (χ0v) is 17.7. The van der Waals surface area contributed by atoms with Crippen molar-refractivity contribution in [3.63, 3.8) is 0 Å². The van der Waals surface area contributed by atoms with Crippen LogP contribution in [0.4, 0.5) is 8.78 Å². The molecule has 168 valence electrons. The molecule has 3 aromatic carbocycles. The minimum atomic E-state index is -2.88. The zero-order valence-electron chi connectivity index (χ0n) is 17.7. The predicted octanol–water partition coefficient (Wildman–Crippen LogP) is 5.08. The first-order chi connectivity index (χ1) is 16.0. The van der Waals surface area contributed by atoms with Gasteiger partial charge in [-0.05, 0) is 42.0 Å². The van der Waals surface area contributed by atoms with Crippen molar-refractivity contribution in [3.8, 4) is 28.4 Å². The van der Waals surface area contributed by atoms with E-state index in [1.807, 2.05) is 54.6 Å². The topological polar surface area (TPSA) is 65.4 Å². The molecular weight excluding hydrogens is 428 g/mol. The number of benzene rings is 3. The minimum Gasteiger partial charge on any atom is -0.496 e. The van der Waals surface area contributed by atoms with Crippen molar-refractivity contribution in [2.45, 2.75) is 13.2 Å². The van der Waals surface area contributed by atoms with Gasteiger partial charge in [0.15, 0.2) is 0 Å². The molecule has 0 aliphatic heterocycles. The number of nitrogens with one attached hydrogen (secondary N) is 1.